The summed E-state index contributed by atoms with van der Waals surface area (Å²) in [6.07, 6.45) is 0.556. The number of ether oxygens (including phenoxy) is 1. The van der Waals surface area contributed by atoms with Gasteiger partial charge in [-0.05, 0) is 19.9 Å². The quantitative estimate of drug-likeness (QED) is 0.609. The topological polar surface area (TPSA) is 49.8 Å². The SMILES string of the molecule is CCCN(CC(=O)OC)CC(C)O. The molecule has 0 bridgehead atoms. The monoisotopic (exact) mass is 189 g/mol. The normalized spacial score (nSPS) is 13.0. The smallest absolute Gasteiger partial charge is 0.319 e. The lowest BCUT2D eigenvalue weighted by Gasteiger charge is -2.21. The number of carbonyl (C=O) groups is 1. The van der Waals surface area contributed by atoms with Crippen LogP contribution in [0.15, 0.2) is 0 Å². The lowest BCUT2D eigenvalue weighted by Crippen LogP contribution is -2.36. The average molecular weight is 189 g/mol. The van der Waals surface area contributed by atoms with Crippen LogP contribution in [-0.4, -0.2) is 48.8 Å². The molecule has 4 heteroatoms. The van der Waals surface area contributed by atoms with E-state index in [0.29, 0.717) is 6.54 Å². The highest BCUT2D eigenvalue weighted by molar-refractivity contribution is 5.71. The Balaban J connectivity index is 3.86. The van der Waals surface area contributed by atoms with Gasteiger partial charge in [0.05, 0.1) is 19.8 Å². The minimum absolute atomic E-state index is 0.255. The van der Waals surface area contributed by atoms with E-state index >= 15 is 0 Å². The Bertz CT molecular complexity index is 148. The van der Waals surface area contributed by atoms with Gasteiger partial charge >= 0.3 is 5.97 Å². The van der Waals surface area contributed by atoms with Gasteiger partial charge < -0.3 is 9.84 Å². The number of hydrogen-bond donors (Lipinski definition) is 1. The molecule has 13 heavy (non-hydrogen) atoms. The summed E-state index contributed by atoms with van der Waals surface area (Å²) in [6.45, 7) is 5.32. The largest absolute Gasteiger partial charge is 0.468 e. The fourth-order valence-electron chi connectivity index (χ4n) is 1.17. The molecule has 1 unspecified atom stereocenters. The third kappa shape index (κ3) is 6.54. The van der Waals surface area contributed by atoms with Crippen LogP contribution in [0.1, 0.15) is 20.3 Å². The molecular weight excluding hydrogens is 170 g/mol. The number of carbonyl (C=O) groups excluding carboxylic acids is 1. The van der Waals surface area contributed by atoms with E-state index in [4.69, 9.17) is 5.11 Å². The minimum Gasteiger partial charge on any atom is -0.468 e. The molecule has 0 spiro atoms. The Morgan fingerprint density at radius 2 is 2.23 bits per heavy atom. The van der Waals surface area contributed by atoms with Gasteiger partial charge in [0, 0.05) is 6.54 Å². The molecule has 0 amide bonds. The minimum atomic E-state index is -0.406. The number of aliphatic hydroxyl groups is 1. The van der Waals surface area contributed by atoms with Crippen LogP contribution in [0.2, 0.25) is 0 Å². The maximum Gasteiger partial charge on any atom is 0.319 e. The maximum absolute atomic E-state index is 10.9. The zero-order chi connectivity index (χ0) is 10.3. The van der Waals surface area contributed by atoms with Crippen LogP contribution in [0, 0.1) is 0 Å². The van der Waals surface area contributed by atoms with Gasteiger partial charge in [-0.15, -0.1) is 0 Å². The number of aliphatic hydroxyl groups excluding tert-OH is 1. The lowest BCUT2D eigenvalue weighted by atomic mass is 10.3. The van der Waals surface area contributed by atoms with Crippen molar-refractivity contribution in [2.45, 2.75) is 26.4 Å². The van der Waals surface area contributed by atoms with Gasteiger partial charge in [-0.1, -0.05) is 6.92 Å². The van der Waals surface area contributed by atoms with Crippen molar-refractivity contribution in [3.63, 3.8) is 0 Å². The predicted octanol–water partition coefficient (Wildman–Crippen LogP) is 0.252. The summed E-state index contributed by atoms with van der Waals surface area (Å²) in [6, 6.07) is 0. The Morgan fingerprint density at radius 3 is 2.62 bits per heavy atom. The fourth-order valence-corrected chi connectivity index (χ4v) is 1.17. The van der Waals surface area contributed by atoms with Crippen molar-refractivity contribution in [2.24, 2.45) is 0 Å². The lowest BCUT2D eigenvalue weighted by molar-refractivity contribution is -0.142. The molecule has 0 aliphatic carbocycles. The van der Waals surface area contributed by atoms with E-state index in [0.717, 1.165) is 13.0 Å². The van der Waals surface area contributed by atoms with Crippen molar-refractivity contribution in [1.82, 2.24) is 4.90 Å². The molecule has 0 aliphatic rings. The number of rotatable bonds is 6. The highest BCUT2D eigenvalue weighted by Crippen LogP contribution is 1.95. The molecule has 1 N–H and O–H groups in total. The van der Waals surface area contributed by atoms with Crippen LogP contribution in [0.3, 0.4) is 0 Å². The number of methoxy groups -OCH3 is 1. The van der Waals surface area contributed by atoms with Crippen molar-refractivity contribution in [3.8, 4) is 0 Å². The van der Waals surface area contributed by atoms with Crippen molar-refractivity contribution >= 4 is 5.97 Å². The molecule has 0 saturated carbocycles. The highest BCUT2D eigenvalue weighted by atomic mass is 16.5. The summed E-state index contributed by atoms with van der Waals surface area (Å²) in [7, 11) is 1.37. The molecule has 0 saturated heterocycles. The Labute approximate surface area is 79.5 Å². The standard InChI is InChI=1S/C9H19NO3/c1-4-5-10(6-8(2)11)7-9(12)13-3/h8,11H,4-7H2,1-3H3. The molecule has 1 atom stereocenters. The second-order valence-electron chi connectivity index (χ2n) is 3.16. The molecule has 4 nitrogen and oxygen atoms in total. The van der Waals surface area contributed by atoms with Crippen LogP contribution in [0.5, 0.6) is 0 Å². The van der Waals surface area contributed by atoms with E-state index in [-0.39, 0.29) is 12.5 Å². The molecule has 0 radical (unpaired) electrons. The highest BCUT2D eigenvalue weighted by Gasteiger charge is 2.11. The van der Waals surface area contributed by atoms with Gasteiger partial charge in [-0.2, -0.15) is 0 Å². The Morgan fingerprint density at radius 1 is 1.62 bits per heavy atom. The maximum atomic E-state index is 10.9. The molecular formula is C9H19NO3. The van der Waals surface area contributed by atoms with Gasteiger partial charge in [-0.3, -0.25) is 9.69 Å². The molecule has 78 valence electrons. The van der Waals surface area contributed by atoms with E-state index in [9.17, 15) is 4.79 Å². The number of esters is 1. The summed E-state index contributed by atoms with van der Waals surface area (Å²) < 4.78 is 4.55. The van der Waals surface area contributed by atoms with E-state index in [1.807, 2.05) is 11.8 Å². The summed E-state index contributed by atoms with van der Waals surface area (Å²) in [4.78, 5) is 12.8. The van der Waals surface area contributed by atoms with Gasteiger partial charge in [0.1, 0.15) is 0 Å². The first kappa shape index (κ1) is 12.4. The fraction of sp³-hybridized carbons (Fsp3) is 0.889. The number of nitrogens with zero attached hydrogens (tertiary/aromatic N) is 1. The second kappa shape index (κ2) is 6.86. The molecule has 0 fully saturated rings. The molecule has 0 heterocycles. The second-order valence-corrected chi connectivity index (χ2v) is 3.16. The zero-order valence-electron chi connectivity index (χ0n) is 8.62. The van der Waals surface area contributed by atoms with Crippen LogP contribution in [0.25, 0.3) is 0 Å². The molecule has 0 aromatic rings. The van der Waals surface area contributed by atoms with Crippen LogP contribution in [-0.2, 0) is 9.53 Å². The third-order valence-corrected chi connectivity index (χ3v) is 1.64. The van der Waals surface area contributed by atoms with Gasteiger partial charge in [0.25, 0.3) is 0 Å². The third-order valence-electron chi connectivity index (χ3n) is 1.64. The Kier molecular flexibility index (Phi) is 6.54. The summed E-state index contributed by atoms with van der Waals surface area (Å²) in [5, 5.41) is 9.14. The molecule has 0 rings (SSSR count). The summed E-state index contributed by atoms with van der Waals surface area (Å²) in [5.74, 6) is -0.255. The van der Waals surface area contributed by atoms with Crippen LogP contribution >= 0.6 is 0 Å². The summed E-state index contributed by atoms with van der Waals surface area (Å²) >= 11 is 0. The number of hydrogen-bond acceptors (Lipinski definition) is 4. The van der Waals surface area contributed by atoms with Crippen molar-refractivity contribution in [3.05, 3.63) is 0 Å². The van der Waals surface area contributed by atoms with Crippen molar-refractivity contribution in [1.29, 1.82) is 0 Å². The van der Waals surface area contributed by atoms with Crippen LogP contribution in [0.4, 0.5) is 0 Å². The van der Waals surface area contributed by atoms with Gasteiger partial charge in [0.15, 0.2) is 0 Å². The Hall–Kier alpha value is -0.610. The zero-order valence-corrected chi connectivity index (χ0v) is 8.62. The van der Waals surface area contributed by atoms with E-state index in [2.05, 4.69) is 4.74 Å². The van der Waals surface area contributed by atoms with Crippen LogP contribution < -0.4 is 0 Å². The predicted molar refractivity (Wildman–Crippen MR) is 50.4 cm³/mol. The first-order chi connectivity index (χ1) is 6.10. The average Bonchev–Trinajstić information content (AvgIpc) is 2.03. The van der Waals surface area contributed by atoms with E-state index in [1.54, 1.807) is 6.92 Å². The summed E-state index contributed by atoms with van der Waals surface area (Å²) in [5.41, 5.74) is 0. The molecule has 0 aliphatic heterocycles. The first-order valence-corrected chi connectivity index (χ1v) is 4.57. The molecule has 0 aromatic heterocycles. The van der Waals surface area contributed by atoms with E-state index in [1.165, 1.54) is 7.11 Å². The molecule has 0 aromatic carbocycles. The van der Waals surface area contributed by atoms with Crippen molar-refractivity contribution in [2.75, 3.05) is 26.7 Å². The van der Waals surface area contributed by atoms with Gasteiger partial charge in [-0.25, -0.2) is 0 Å². The van der Waals surface area contributed by atoms with Gasteiger partial charge in [0.2, 0.25) is 0 Å². The van der Waals surface area contributed by atoms with Crippen molar-refractivity contribution < 1.29 is 14.6 Å². The first-order valence-electron chi connectivity index (χ1n) is 4.57. The van der Waals surface area contributed by atoms with E-state index < -0.39 is 6.10 Å².